The van der Waals surface area contributed by atoms with Crippen molar-refractivity contribution in [2.24, 2.45) is 5.92 Å². The molecule has 2 heterocycles. The van der Waals surface area contributed by atoms with E-state index in [4.69, 9.17) is 21.6 Å². The summed E-state index contributed by atoms with van der Waals surface area (Å²) in [4.78, 5) is 23.3. The van der Waals surface area contributed by atoms with Gasteiger partial charge in [-0.05, 0) is 78.1 Å². The fourth-order valence-electron chi connectivity index (χ4n) is 6.25. The van der Waals surface area contributed by atoms with E-state index in [0.29, 0.717) is 35.8 Å². The maximum atomic E-state index is 13.7. The lowest BCUT2D eigenvalue weighted by atomic mass is 9.84. The first kappa shape index (κ1) is 28.3. The summed E-state index contributed by atoms with van der Waals surface area (Å²) in [6, 6.07) is 19.8. The van der Waals surface area contributed by atoms with Crippen LogP contribution in [0.25, 0.3) is 5.82 Å². The quantitative estimate of drug-likeness (QED) is 0.176. The Morgan fingerprint density at radius 3 is 2.52 bits per heavy atom. The summed E-state index contributed by atoms with van der Waals surface area (Å²) in [6.45, 7) is 1.06. The van der Waals surface area contributed by atoms with E-state index in [2.05, 4.69) is 34.1 Å². The van der Waals surface area contributed by atoms with Gasteiger partial charge in [-0.25, -0.2) is 0 Å². The molecule has 3 N–H and O–H groups in total. The summed E-state index contributed by atoms with van der Waals surface area (Å²) >= 11 is 6.19. The molecule has 2 aromatic heterocycles. The van der Waals surface area contributed by atoms with E-state index in [9.17, 15) is 4.79 Å². The van der Waals surface area contributed by atoms with E-state index in [-0.39, 0.29) is 5.91 Å². The van der Waals surface area contributed by atoms with Crippen molar-refractivity contribution in [3.63, 3.8) is 0 Å². The Labute approximate surface area is 253 Å². The number of benzene rings is 2. The van der Waals surface area contributed by atoms with Crippen molar-refractivity contribution >= 4 is 29.3 Å². The number of rotatable bonds is 11. The standard InChI is InChI=1S/C34H39ClN6O/c35-29-13-6-10-25(19-29)23-37-34-39-31(21-32(40-34)41-16-4-5-17-41)38-30(20-24-8-2-1-3-9-24)33(42)36-22-26-14-15-27-11-7-12-28(27)18-26/h4-6,10,13-19,21,24,30H,1-3,7-9,11-12,20,22-23H2,(H,36,42)(H2,37,38,39,40)/t30-/m1/s1. The first-order valence-corrected chi connectivity index (χ1v) is 15.6. The normalized spacial score (nSPS) is 15.6. The number of carbonyl (C=O) groups is 1. The predicted octanol–water partition coefficient (Wildman–Crippen LogP) is 7.09. The topological polar surface area (TPSA) is 83.9 Å². The second kappa shape index (κ2) is 13.4. The van der Waals surface area contributed by atoms with E-state index in [0.717, 1.165) is 36.2 Å². The molecule has 6 rings (SSSR count). The van der Waals surface area contributed by atoms with Crippen LogP contribution < -0.4 is 16.0 Å². The van der Waals surface area contributed by atoms with Crippen LogP contribution in [0.5, 0.6) is 0 Å². The highest BCUT2D eigenvalue weighted by Gasteiger charge is 2.25. The fraction of sp³-hybridized carbons (Fsp3) is 0.382. The summed E-state index contributed by atoms with van der Waals surface area (Å²) in [5.41, 5.74) is 5.07. The summed E-state index contributed by atoms with van der Waals surface area (Å²) in [6.07, 6.45) is 14.3. The van der Waals surface area contributed by atoms with Crippen molar-refractivity contribution in [2.45, 2.75) is 76.9 Å². The van der Waals surface area contributed by atoms with Gasteiger partial charge < -0.3 is 20.5 Å². The number of nitrogens with zero attached hydrogens (tertiary/aromatic N) is 3. The highest BCUT2D eigenvalue weighted by atomic mass is 35.5. The minimum Gasteiger partial charge on any atom is -0.358 e. The number of hydrogen-bond acceptors (Lipinski definition) is 5. The number of nitrogens with one attached hydrogen (secondary N) is 3. The maximum absolute atomic E-state index is 13.7. The molecular weight excluding hydrogens is 544 g/mol. The number of halogens is 1. The predicted molar refractivity (Wildman–Crippen MR) is 169 cm³/mol. The minimum absolute atomic E-state index is 0.00985. The first-order valence-electron chi connectivity index (χ1n) is 15.2. The molecule has 0 radical (unpaired) electrons. The molecule has 2 aromatic carbocycles. The largest absolute Gasteiger partial charge is 0.358 e. The van der Waals surface area contributed by atoms with Crippen LogP contribution in [0.3, 0.4) is 0 Å². The zero-order valence-electron chi connectivity index (χ0n) is 24.0. The maximum Gasteiger partial charge on any atom is 0.242 e. The molecule has 1 fully saturated rings. The summed E-state index contributed by atoms with van der Waals surface area (Å²) in [5, 5.41) is 10.8. The molecule has 2 aliphatic rings. The Morgan fingerprint density at radius 1 is 0.881 bits per heavy atom. The zero-order chi connectivity index (χ0) is 28.7. The summed E-state index contributed by atoms with van der Waals surface area (Å²) in [5.74, 6) is 2.36. The molecular formula is C34H39ClN6O. The highest BCUT2D eigenvalue weighted by Crippen LogP contribution is 2.29. The van der Waals surface area contributed by atoms with Crippen LogP contribution in [0.2, 0.25) is 5.02 Å². The SMILES string of the molecule is O=C(NCc1ccc2c(c1)CCC2)[C@@H](CC1CCCCC1)Nc1cc(-n2cccc2)nc(NCc2cccc(Cl)c2)n1. The minimum atomic E-state index is -0.393. The second-order valence-electron chi connectivity index (χ2n) is 11.6. The van der Waals surface area contributed by atoms with Crippen LogP contribution in [-0.2, 0) is 30.7 Å². The molecule has 1 saturated carbocycles. The van der Waals surface area contributed by atoms with Gasteiger partial charge in [0.1, 0.15) is 17.7 Å². The van der Waals surface area contributed by atoms with Crippen LogP contribution in [-0.4, -0.2) is 26.5 Å². The van der Waals surface area contributed by atoms with Crippen LogP contribution >= 0.6 is 11.6 Å². The summed E-state index contributed by atoms with van der Waals surface area (Å²) < 4.78 is 1.95. The number of fused-ring (bicyclic) bond motifs is 1. The lowest BCUT2D eigenvalue weighted by Crippen LogP contribution is -2.41. The van der Waals surface area contributed by atoms with Gasteiger partial charge in [0, 0.05) is 36.6 Å². The van der Waals surface area contributed by atoms with Crippen LogP contribution in [0.4, 0.5) is 11.8 Å². The Balaban J connectivity index is 1.21. The van der Waals surface area contributed by atoms with E-state index < -0.39 is 6.04 Å². The van der Waals surface area contributed by atoms with Crippen LogP contribution in [0.15, 0.2) is 73.1 Å². The lowest BCUT2D eigenvalue weighted by molar-refractivity contribution is -0.122. The molecule has 1 atom stereocenters. The van der Waals surface area contributed by atoms with E-state index in [1.54, 1.807) is 0 Å². The average Bonchev–Trinajstić information content (AvgIpc) is 3.72. The number of aromatic nitrogens is 3. The third kappa shape index (κ3) is 7.32. The molecule has 0 aliphatic heterocycles. The first-order chi connectivity index (χ1) is 20.6. The van der Waals surface area contributed by atoms with Gasteiger partial charge in [0.15, 0.2) is 0 Å². The zero-order valence-corrected chi connectivity index (χ0v) is 24.7. The molecule has 0 spiro atoms. The summed E-state index contributed by atoms with van der Waals surface area (Å²) in [7, 11) is 0. The van der Waals surface area contributed by atoms with Gasteiger partial charge >= 0.3 is 0 Å². The van der Waals surface area contributed by atoms with Gasteiger partial charge in [-0.2, -0.15) is 9.97 Å². The van der Waals surface area contributed by atoms with Crippen molar-refractivity contribution < 1.29 is 4.79 Å². The Bertz CT molecular complexity index is 1500. The molecule has 2 aliphatic carbocycles. The second-order valence-corrected chi connectivity index (χ2v) is 12.1. The molecule has 4 aromatic rings. The average molecular weight is 583 g/mol. The van der Waals surface area contributed by atoms with E-state index >= 15 is 0 Å². The van der Waals surface area contributed by atoms with Crippen molar-refractivity contribution in [3.05, 3.63) is 100 Å². The van der Waals surface area contributed by atoms with Gasteiger partial charge in [0.25, 0.3) is 0 Å². The Morgan fingerprint density at radius 2 is 1.69 bits per heavy atom. The van der Waals surface area contributed by atoms with Crippen molar-refractivity contribution in [3.8, 4) is 5.82 Å². The molecule has 0 bridgehead atoms. The third-order valence-electron chi connectivity index (χ3n) is 8.48. The molecule has 7 nitrogen and oxygen atoms in total. The van der Waals surface area contributed by atoms with Crippen molar-refractivity contribution in [1.29, 1.82) is 0 Å². The smallest absolute Gasteiger partial charge is 0.242 e. The van der Waals surface area contributed by atoms with Gasteiger partial charge in [-0.1, -0.05) is 74.0 Å². The molecule has 218 valence electrons. The number of hydrogen-bond donors (Lipinski definition) is 3. The van der Waals surface area contributed by atoms with E-state index in [1.807, 2.05) is 59.4 Å². The van der Waals surface area contributed by atoms with Crippen LogP contribution in [0.1, 0.15) is 67.2 Å². The molecule has 1 amide bonds. The molecule has 8 heteroatoms. The van der Waals surface area contributed by atoms with Gasteiger partial charge in [0.2, 0.25) is 11.9 Å². The molecule has 0 unspecified atom stereocenters. The number of carbonyl (C=O) groups excluding carboxylic acids is 1. The van der Waals surface area contributed by atoms with Gasteiger partial charge in [-0.3, -0.25) is 4.79 Å². The monoisotopic (exact) mass is 582 g/mol. The number of aryl methyl sites for hydroxylation is 2. The molecule has 0 saturated heterocycles. The lowest BCUT2D eigenvalue weighted by Gasteiger charge is -2.27. The van der Waals surface area contributed by atoms with Crippen molar-refractivity contribution in [1.82, 2.24) is 19.9 Å². The van der Waals surface area contributed by atoms with Crippen LogP contribution in [0, 0.1) is 5.92 Å². The van der Waals surface area contributed by atoms with E-state index in [1.165, 1.54) is 49.7 Å². The molecule has 42 heavy (non-hydrogen) atoms. The number of amides is 1. The highest BCUT2D eigenvalue weighted by molar-refractivity contribution is 6.30. The Hall–Kier alpha value is -3.84. The number of anilines is 2. The van der Waals surface area contributed by atoms with Gasteiger partial charge in [0.05, 0.1) is 0 Å². The third-order valence-corrected chi connectivity index (χ3v) is 8.72. The van der Waals surface area contributed by atoms with Crippen molar-refractivity contribution in [2.75, 3.05) is 10.6 Å². The fourth-order valence-corrected chi connectivity index (χ4v) is 6.46. The Kier molecular flexibility index (Phi) is 9.04. The van der Waals surface area contributed by atoms with Gasteiger partial charge in [-0.15, -0.1) is 0 Å².